The monoisotopic (exact) mass is 278 g/mol. The number of hydrogen-bond acceptors (Lipinski definition) is 3. The van der Waals surface area contributed by atoms with Gasteiger partial charge in [0.1, 0.15) is 5.84 Å². The Kier molecular flexibility index (Phi) is 4.04. The van der Waals surface area contributed by atoms with Crippen LogP contribution in [-0.4, -0.2) is 18.9 Å². The lowest BCUT2D eigenvalue weighted by Crippen LogP contribution is -2.20. The fourth-order valence-corrected chi connectivity index (χ4v) is 2.73. The van der Waals surface area contributed by atoms with E-state index in [0.29, 0.717) is 0 Å². The summed E-state index contributed by atoms with van der Waals surface area (Å²) in [6.07, 6.45) is 0. The number of hydrogen-bond donors (Lipinski definition) is 1. The van der Waals surface area contributed by atoms with Gasteiger partial charge in [0.25, 0.3) is 0 Å². The third kappa shape index (κ3) is 2.42. The molecule has 0 bridgehead atoms. The fourth-order valence-electron chi connectivity index (χ4n) is 2.06. The lowest BCUT2D eigenvalue weighted by Gasteiger charge is -2.08. The maximum absolute atomic E-state index is 4.50. The lowest BCUT2D eigenvalue weighted by atomic mass is 10.0. The van der Waals surface area contributed by atoms with E-state index >= 15 is 0 Å². The number of nitrogens with zero attached hydrogens (tertiary/aromatic N) is 1. The van der Waals surface area contributed by atoms with Crippen molar-refractivity contribution in [3.05, 3.63) is 46.2 Å². The van der Waals surface area contributed by atoms with Crippen molar-refractivity contribution in [1.29, 1.82) is 0 Å². The Morgan fingerprint density at radius 2 is 2.11 bits per heavy atom. The van der Waals surface area contributed by atoms with Gasteiger partial charge in [0.05, 0.1) is 6.54 Å². The molecule has 0 amide bonds. The van der Waals surface area contributed by atoms with Gasteiger partial charge in [0.15, 0.2) is 0 Å². The molecule has 4 heteroatoms. The average Bonchev–Trinajstić information content (AvgIpc) is 3.03. The molecule has 0 atom stereocenters. The van der Waals surface area contributed by atoms with E-state index in [-0.39, 0.29) is 12.4 Å². The number of aryl methyl sites for hydroxylation is 1. The van der Waals surface area contributed by atoms with Gasteiger partial charge >= 0.3 is 0 Å². The smallest absolute Gasteiger partial charge is 0.128 e. The van der Waals surface area contributed by atoms with Gasteiger partial charge < -0.3 is 5.32 Å². The van der Waals surface area contributed by atoms with Crippen LogP contribution >= 0.6 is 23.7 Å². The summed E-state index contributed by atoms with van der Waals surface area (Å²) in [5.74, 6) is 1.04. The summed E-state index contributed by atoms with van der Waals surface area (Å²) < 4.78 is 0. The van der Waals surface area contributed by atoms with Crippen LogP contribution in [0.3, 0.4) is 0 Å². The SMILES string of the molecule is Cc1ccc(-c2ccsc2)cc1C1=NCCN1.Cl. The summed E-state index contributed by atoms with van der Waals surface area (Å²) in [4.78, 5) is 4.50. The summed E-state index contributed by atoms with van der Waals surface area (Å²) in [6, 6.07) is 8.73. The molecule has 0 spiro atoms. The first-order chi connectivity index (χ1) is 8.34. The molecule has 0 aliphatic carbocycles. The van der Waals surface area contributed by atoms with Crippen LogP contribution in [0.5, 0.6) is 0 Å². The molecule has 0 fully saturated rings. The van der Waals surface area contributed by atoms with E-state index in [0.717, 1.165) is 18.9 Å². The second-order valence-corrected chi connectivity index (χ2v) is 4.98. The van der Waals surface area contributed by atoms with Crippen LogP contribution in [0.15, 0.2) is 40.0 Å². The second-order valence-electron chi connectivity index (χ2n) is 4.20. The Hall–Kier alpha value is -1.32. The highest BCUT2D eigenvalue weighted by molar-refractivity contribution is 7.08. The van der Waals surface area contributed by atoms with E-state index in [1.807, 2.05) is 0 Å². The highest BCUT2D eigenvalue weighted by Gasteiger charge is 2.11. The molecular formula is C14H15ClN2S. The molecule has 0 radical (unpaired) electrons. The summed E-state index contributed by atoms with van der Waals surface area (Å²) in [7, 11) is 0. The first-order valence-electron chi connectivity index (χ1n) is 5.76. The number of rotatable bonds is 2. The van der Waals surface area contributed by atoms with E-state index in [4.69, 9.17) is 0 Å². The molecule has 18 heavy (non-hydrogen) atoms. The van der Waals surface area contributed by atoms with E-state index in [9.17, 15) is 0 Å². The van der Waals surface area contributed by atoms with Crippen LogP contribution in [0, 0.1) is 6.92 Å². The van der Waals surface area contributed by atoms with E-state index < -0.39 is 0 Å². The Morgan fingerprint density at radius 3 is 2.78 bits per heavy atom. The predicted octanol–water partition coefficient (Wildman–Crippen LogP) is 3.50. The molecule has 2 aromatic rings. The van der Waals surface area contributed by atoms with E-state index in [2.05, 4.69) is 52.3 Å². The van der Waals surface area contributed by atoms with Crippen LogP contribution in [0.4, 0.5) is 0 Å². The van der Waals surface area contributed by atoms with Crippen LogP contribution in [0.2, 0.25) is 0 Å². The molecule has 1 aliphatic heterocycles. The van der Waals surface area contributed by atoms with Gasteiger partial charge in [-0.2, -0.15) is 11.3 Å². The molecule has 1 aromatic carbocycles. The molecule has 94 valence electrons. The third-order valence-corrected chi connectivity index (χ3v) is 3.70. The van der Waals surface area contributed by atoms with Gasteiger partial charge in [-0.25, -0.2) is 0 Å². The van der Waals surface area contributed by atoms with Crippen molar-refractivity contribution in [3.8, 4) is 11.1 Å². The molecule has 2 nitrogen and oxygen atoms in total. The molecule has 0 saturated carbocycles. The number of benzene rings is 1. The normalized spacial score (nSPS) is 13.7. The molecule has 1 N–H and O–H groups in total. The molecule has 1 aromatic heterocycles. The Bertz CT molecular complexity index is 561. The van der Waals surface area contributed by atoms with Crippen molar-refractivity contribution in [2.45, 2.75) is 6.92 Å². The average molecular weight is 279 g/mol. The van der Waals surface area contributed by atoms with Gasteiger partial charge in [-0.1, -0.05) is 12.1 Å². The van der Waals surface area contributed by atoms with Crippen LogP contribution in [-0.2, 0) is 0 Å². The third-order valence-electron chi connectivity index (χ3n) is 3.02. The maximum atomic E-state index is 4.50. The highest BCUT2D eigenvalue weighted by Crippen LogP contribution is 2.25. The number of halogens is 1. The number of nitrogens with one attached hydrogen (secondary N) is 1. The van der Waals surface area contributed by atoms with Crippen LogP contribution in [0.1, 0.15) is 11.1 Å². The Balaban J connectivity index is 0.00000120. The molecular weight excluding hydrogens is 264 g/mol. The minimum Gasteiger partial charge on any atom is -0.368 e. The summed E-state index contributed by atoms with van der Waals surface area (Å²) in [5.41, 5.74) is 5.06. The zero-order chi connectivity index (χ0) is 11.7. The Morgan fingerprint density at radius 1 is 1.22 bits per heavy atom. The molecule has 2 heterocycles. The second kappa shape index (κ2) is 5.55. The predicted molar refractivity (Wildman–Crippen MR) is 81.1 cm³/mol. The largest absolute Gasteiger partial charge is 0.368 e. The zero-order valence-corrected chi connectivity index (χ0v) is 11.8. The van der Waals surface area contributed by atoms with E-state index in [1.54, 1.807) is 11.3 Å². The summed E-state index contributed by atoms with van der Waals surface area (Å²) >= 11 is 1.73. The number of amidine groups is 1. The Labute approximate surface area is 117 Å². The summed E-state index contributed by atoms with van der Waals surface area (Å²) in [6.45, 7) is 3.98. The van der Waals surface area contributed by atoms with Gasteiger partial charge in [-0.05, 0) is 46.5 Å². The maximum Gasteiger partial charge on any atom is 0.128 e. The van der Waals surface area contributed by atoms with Crippen LogP contribution in [0.25, 0.3) is 11.1 Å². The van der Waals surface area contributed by atoms with Crippen molar-refractivity contribution < 1.29 is 0 Å². The summed E-state index contributed by atoms with van der Waals surface area (Å²) in [5, 5.41) is 7.63. The zero-order valence-electron chi connectivity index (χ0n) is 10.1. The minimum atomic E-state index is 0. The van der Waals surface area contributed by atoms with Crippen molar-refractivity contribution in [1.82, 2.24) is 5.32 Å². The van der Waals surface area contributed by atoms with Gasteiger partial charge in [0.2, 0.25) is 0 Å². The molecule has 1 aliphatic rings. The number of aliphatic imine (C=N–C) groups is 1. The topological polar surface area (TPSA) is 24.4 Å². The van der Waals surface area contributed by atoms with Crippen molar-refractivity contribution >= 4 is 29.6 Å². The van der Waals surface area contributed by atoms with E-state index in [1.165, 1.54) is 22.3 Å². The fraction of sp³-hybridized carbons (Fsp3) is 0.214. The first-order valence-corrected chi connectivity index (χ1v) is 6.71. The van der Waals surface area contributed by atoms with Gasteiger partial charge in [-0.3, -0.25) is 4.99 Å². The molecule has 3 rings (SSSR count). The molecule has 0 saturated heterocycles. The van der Waals surface area contributed by atoms with Crippen LogP contribution < -0.4 is 5.32 Å². The highest BCUT2D eigenvalue weighted by atomic mass is 35.5. The van der Waals surface area contributed by atoms with Crippen molar-refractivity contribution in [3.63, 3.8) is 0 Å². The minimum absolute atomic E-state index is 0. The standard InChI is InChI=1S/C14H14N2S.ClH/c1-10-2-3-11(12-4-7-17-9-12)8-13(10)14-15-5-6-16-14;/h2-4,7-9H,5-6H2,1H3,(H,15,16);1H. The van der Waals surface area contributed by atoms with Crippen molar-refractivity contribution in [2.75, 3.05) is 13.1 Å². The number of thiophene rings is 1. The first kappa shape index (κ1) is 13.1. The molecule has 0 unspecified atom stereocenters. The lowest BCUT2D eigenvalue weighted by molar-refractivity contribution is 0.959. The van der Waals surface area contributed by atoms with Gasteiger partial charge in [0, 0.05) is 12.1 Å². The quantitative estimate of drug-likeness (QED) is 0.893. The van der Waals surface area contributed by atoms with Crippen molar-refractivity contribution in [2.24, 2.45) is 4.99 Å². The van der Waals surface area contributed by atoms with Gasteiger partial charge in [-0.15, -0.1) is 12.4 Å².